The third-order valence-electron chi connectivity index (χ3n) is 2.25. The van der Waals surface area contributed by atoms with E-state index in [0.717, 1.165) is 6.42 Å². The largest absolute Gasteiger partial charge is 0.395 e. The molecule has 0 radical (unpaired) electrons. The maximum absolute atomic E-state index is 11.4. The van der Waals surface area contributed by atoms with Crippen molar-refractivity contribution in [3.8, 4) is 0 Å². The first-order valence-electron chi connectivity index (χ1n) is 5.59. The molecule has 0 aliphatic heterocycles. The highest BCUT2D eigenvalue weighted by Gasteiger charge is 2.09. The zero-order valence-corrected chi connectivity index (χ0v) is 10.3. The van der Waals surface area contributed by atoms with Gasteiger partial charge in [-0.25, -0.2) is 0 Å². The summed E-state index contributed by atoms with van der Waals surface area (Å²) < 4.78 is 0. The van der Waals surface area contributed by atoms with E-state index in [1.165, 1.54) is 4.90 Å². The molecule has 0 saturated carbocycles. The SMILES string of the molecule is CC(C)CCC(=O)NCC(=O)N(C)CCO. The van der Waals surface area contributed by atoms with Crippen molar-refractivity contribution >= 4 is 11.8 Å². The maximum atomic E-state index is 11.4. The van der Waals surface area contributed by atoms with Crippen molar-refractivity contribution in [1.82, 2.24) is 10.2 Å². The van der Waals surface area contributed by atoms with E-state index in [9.17, 15) is 9.59 Å². The number of hydrogen-bond acceptors (Lipinski definition) is 3. The molecule has 2 amide bonds. The van der Waals surface area contributed by atoms with E-state index < -0.39 is 0 Å². The third kappa shape index (κ3) is 7.23. The van der Waals surface area contributed by atoms with E-state index in [2.05, 4.69) is 5.32 Å². The Labute approximate surface area is 96.8 Å². The molecule has 0 bridgehead atoms. The van der Waals surface area contributed by atoms with Crippen LogP contribution in [0.15, 0.2) is 0 Å². The number of aliphatic hydroxyl groups excluding tert-OH is 1. The minimum absolute atomic E-state index is 0.00737. The summed E-state index contributed by atoms with van der Waals surface area (Å²) in [6.45, 7) is 4.33. The van der Waals surface area contributed by atoms with Crippen LogP contribution in [0.25, 0.3) is 0 Å². The van der Waals surface area contributed by atoms with Crippen LogP contribution in [-0.4, -0.2) is 48.6 Å². The molecular weight excluding hydrogens is 208 g/mol. The summed E-state index contributed by atoms with van der Waals surface area (Å²) in [5, 5.41) is 11.2. The number of carbonyl (C=O) groups excluding carboxylic acids is 2. The Morgan fingerprint density at radius 3 is 2.50 bits per heavy atom. The molecule has 0 heterocycles. The number of amides is 2. The molecule has 0 aliphatic carbocycles. The zero-order valence-electron chi connectivity index (χ0n) is 10.3. The van der Waals surface area contributed by atoms with Crippen LogP contribution in [0, 0.1) is 5.92 Å². The normalized spacial score (nSPS) is 10.3. The van der Waals surface area contributed by atoms with Gasteiger partial charge in [-0.3, -0.25) is 9.59 Å². The number of aliphatic hydroxyl groups is 1. The van der Waals surface area contributed by atoms with E-state index >= 15 is 0 Å². The van der Waals surface area contributed by atoms with Crippen LogP contribution in [0.3, 0.4) is 0 Å². The van der Waals surface area contributed by atoms with Crippen LogP contribution in [0.4, 0.5) is 0 Å². The maximum Gasteiger partial charge on any atom is 0.241 e. The third-order valence-corrected chi connectivity index (χ3v) is 2.25. The van der Waals surface area contributed by atoms with Crippen LogP contribution in [0.5, 0.6) is 0 Å². The summed E-state index contributed by atoms with van der Waals surface area (Å²) in [6, 6.07) is 0. The monoisotopic (exact) mass is 230 g/mol. The lowest BCUT2D eigenvalue weighted by molar-refractivity contribution is -0.132. The van der Waals surface area contributed by atoms with E-state index in [0.29, 0.717) is 18.9 Å². The van der Waals surface area contributed by atoms with Crippen molar-refractivity contribution in [3.63, 3.8) is 0 Å². The number of nitrogens with zero attached hydrogens (tertiary/aromatic N) is 1. The van der Waals surface area contributed by atoms with Crippen LogP contribution in [-0.2, 0) is 9.59 Å². The first-order chi connectivity index (χ1) is 7.47. The Balaban J connectivity index is 3.70. The van der Waals surface area contributed by atoms with Gasteiger partial charge in [-0.2, -0.15) is 0 Å². The van der Waals surface area contributed by atoms with Crippen LogP contribution in [0.1, 0.15) is 26.7 Å². The predicted octanol–water partition coefficient (Wildman–Crippen LogP) is -0.0105. The topological polar surface area (TPSA) is 69.6 Å². The molecular formula is C11H22N2O3. The van der Waals surface area contributed by atoms with Crippen LogP contribution < -0.4 is 5.32 Å². The van der Waals surface area contributed by atoms with Crippen LogP contribution >= 0.6 is 0 Å². The predicted molar refractivity (Wildman–Crippen MR) is 61.8 cm³/mol. The van der Waals surface area contributed by atoms with Gasteiger partial charge >= 0.3 is 0 Å². The van der Waals surface area contributed by atoms with Gasteiger partial charge in [-0.05, 0) is 12.3 Å². The number of carbonyl (C=O) groups is 2. The summed E-state index contributed by atoms with van der Waals surface area (Å²) in [4.78, 5) is 24.1. The first kappa shape index (κ1) is 14.9. The molecule has 0 unspecified atom stereocenters. The second kappa shape index (κ2) is 8.10. The minimum atomic E-state index is -0.188. The van der Waals surface area contributed by atoms with Gasteiger partial charge in [0.15, 0.2) is 0 Å². The van der Waals surface area contributed by atoms with Gasteiger partial charge in [0.2, 0.25) is 11.8 Å². The fourth-order valence-electron chi connectivity index (χ4n) is 1.09. The smallest absolute Gasteiger partial charge is 0.241 e. The van der Waals surface area contributed by atoms with Crippen molar-refractivity contribution in [2.75, 3.05) is 26.7 Å². The molecule has 0 aromatic carbocycles. The Morgan fingerprint density at radius 2 is 2.00 bits per heavy atom. The Hall–Kier alpha value is -1.10. The number of hydrogen-bond donors (Lipinski definition) is 2. The molecule has 0 saturated heterocycles. The van der Waals surface area contributed by atoms with Crippen molar-refractivity contribution in [1.29, 1.82) is 0 Å². The lowest BCUT2D eigenvalue weighted by Crippen LogP contribution is -2.39. The average Bonchev–Trinajstić information content (AvgIpc) is 2.23. The minimum Gasteiger partial charge on any atom is -0.395 e. The van der Waals surface area contributed by atoms with E-state index in [4.69, 9.17) is 5.11 Å². The molecule has 2 N–H and O–H groups in total. The summed E-state index contributed by atoms with van der Waals surface area (Å²) in [5.41, 5.74) is 0. The van der Waals surface area contributed by atoms with Crippen LogP contribution in [0.2, 0.25) is 0 Å². The van der Waals surface area contributed by atoms with Gasteiger partial charge in [0, 0.05) is 20.0 Å². The van der Waals surface area contributed by atoms with Gasteiger partial charge < -0.3 is 15.3 Å². The summed E-state index contributed by atoms with van der Waals surface area (Å²) in [5.74, 6) is 0.199. The average molecular weight is 230 g/mol. The highest BCUT2D eigenvalue weighted by molar-refractivity contribution is 5.84. The lowest BCUT2D eigenvalue weighted by Gasteiger charge is -2.15. The summed E-state index contributed by atoms with van der Waals surface area (Å²) in [7, 11) is 1.60. The van der Waals surface area contributed by atoms with Crippen molar-refractivity contribution < 1.29 is 14.7 Å². The molecule has 0 spiro atoms. The van der Waals surface area contributed by atoms with E-state index in [1.807, 2.05) is 13.8 Å². The van der Waals surface area contributed by atoms with Gasteiger partial charge in [-0.1, -0.05) is 13.8 Å². The molecule has 0 aromatic rings. The van der Waals surface area contributed by atoms with Gasteiger partial charge in [-0.15, -0.1) is 0 Å². The van der Waals surface area contributed by atoms with Crippen molar-refractivity contribution in [2.45, 2.75) is 26.7 Å². The summed E-state index contributed by atoms with van der Waals surface area (Å²) >= 11 is 0. The Kier molecular flexibility index (Phi) is 7.54. The molecule has 94 valence electrons. The first-order valence-corrected chi connectivity index (χ1v) is 5.59. The highest BCUT2D eigenvalue weighted by Crippen LogP contribution is 2.02. The molecule has 0 rings (SSSR count). The number of rotatable bonds is 7. The number of likely N-dealkylation sites (N-methyl/N-ethyl adjacent to an activating group) is 1. The fraction of sp³-hybridized carbons (Fsp3) is 0.818. The summed E-state index contributed by atoms with van der Waals surface area (Å²) in [6.07, 6.45) is 1.28. The second-order valence-electron chi connectivity index (χ2n) is 4.25. The van der Waals surface area contributed by atoms with E-state index in [-0.39, 0.29) is 25.0 Å². The Morgan fingerprint density at radius 1 is 1.38 bits per heavy atom. The lowest BCUT2D eigenvalue weighted by atomic mass is 10.1. The molecule has 5 heteroatoms. The van der Waals surface area contributed by atoms with E-state index in [1.54, 1.807) is 7.05 Å². The molecule has 5 nitrogen and oxygen atoms in total. The molecule has 0 aliphatic rings. The van der Waals surface area contributed by atoms with Gasteiger partial charge in [0.1, 0.15) is 0 Å². The Bertz CT molecular complexity index is 229. The van der Waals surface area contributed by atoms with Crippen molar-refractivity contribution in [3.05, 3.63) is 0 Å². The van der Waals surface area contributed by atoms with Gasteiger partial charge in [0.25, 0.3) is 0 Å². The second-order valence-corrected chi connectivity index (χ2v) is 4.25. The van der Waals surface area contributed by atoms with Gasteiger partial charge in [0.05, 0.1) is 13.2 Å². The molecule has 16 heavy (non-hydrogen) atoms. The molecule has 0 fully saturated rings. The fourth-order valence-corrected chi connectivity index (χ4v) is 1.09. The zero-order chi connectivity index (χ0) is 12.6. The molecule has 0 atom stereocenters. The number of nitrogens with one attached hydrogen (secondary N) is 1. The highest BCUT2D eigenvalue weighted by atomic mass is 16.3. The van der Waals surface area contributed by atoms with Crippen molar-refractivity contribution in [2.24, 2.45) is 5.92 Å². The standard InChI is InChI=1S/C11H22N2O3/c1-9(2)4-5-10(15)12-8-11(16)13(3)6-7-14/h9,14H,4-8H2,1-3H3,(H,12,15). The quantitative estimate of drug-likeness (QED) is 0.646. The molecule has 0 aromatic heterocycles.